The Morgan fingerprint density at radius 3 is 2.30 bits per heavy atom. The van der Waals surface area contributed by atoms with Gasteiger partial charge in [-0.3, -0.25) is 0 Å². The van der Waals surface area contributed by atoms with Crippen molar-refractivity contribution < 1.29 is 14.2 Å². The molecule has 1 saturated heterocycles. The summed E-state index contributed by atoms with van der Waals surface area (Å²) in [5.74, 6) is 1.39. The lowest BCUT2D eigenvalue weighted by atomic mass is 10.0. The zero-order chi connectivity index (χ0) is 19.1. The van der Waals surface area contributed by atoms with Gasteiger partial charge in [-0.1, -0.05) is 24.3 Å². The number of methoxy groups -OCH3 is 1. The molecule has 1 unspecified atom stereocenters. The molecule has 0 aromatic heterocycles. The van der Waals surface area contributed by atoms with Crippen molar-refractivity contribution in [3.63, 3.8) is 0 Å². The highest BCUT2D eigenvalue weighted by molar-refractivity contribution is 5.99. The standard InChI is InChI=1S/C22H20N2O3/c1-24-22(20(15-23)16-6-10-18(25-2)11-7-16)17-8-12-19(13-9-17)27-21-5-3-4-14-26-21/h6-13,21H,3-5,14H2,2H3. The van der Waals surface area contributed by atoms with Crippen LogP contribution in [0.3, 0.4) is 0 Å². The van der Waals surface area contributed by atoms with Crippen molar-refractivity contribution in [1.29, 1.82) is 5.26 Å². The Kier molecular flexibility index (Phi) is 6.10. The molecule has 2 aromatic rings. The van der Waals surface area contributed by atoms with Gasteiger partial charge in [0, 0.05) is 6.42 Å². The van der Waals surface area contributed by atoms with E-state index in [4.69, 9.17) is 20.8 Å². The second-order valence-electron chi connectivity index (χ2n) is 6.11. The van der Waals surface area contributed by atoms with Crippen molar-refractivity contribution in [2.45, 2.75) is 25.6 Å². The molecule has 0 aliphatic carbocycles. The molecular weight excluding hydrogens is 340 g/mol. The summed E-state index contributed by atoms with van der Waals surface area (Å²) >= 11 is 0. The van der Waals surface area contributed by atoms with E-state index < -0.39 is 0 Å². The van der Waals surface area contributed by atoms with Gasteiger partial charge in [-0.2, -0.15) is 5.26 Å². The fourth-order valence-electron chi connectivity index (χ4n) is 2.92. The first-order valence-electron chi connectivity index (χ1n) is 8.80. The maximum Gasteiger partial charge on any atom is 0.212 e. The van der Waals surface area contributed by atoms with E-state index in [0.29, 0.717) is 33.9 Å². The predicted molar refractivity (Wildman–Crippen MR) is 103 cm³/mol. The lowest BCUT2D eigenvalue weighted by Gasteiger charge is -2.23. The Hall–Kier alpha value is -3.28. The number of hydrogen-bond donors (Lipinski definition) is 0. The summed E-state index contributed by atoms with van der Waals surface area (Å²) in [5.41, 5.74) is 1.99. The summed E-state index contributed by atoms with van der Waals surface area (Å²) < 4.78 is 16.6. The lowest BCUT2D eigenvalue weighted by molar-refractivity contribution is -0.105. The summed E-state index contributed by atoms with van der Waals surface area (Å²) in [6.45, 7) is 8.28. The number of ether oxygens (including phenoxy) is 3. The van der Waals surface area contributed by atoms with Crippen LogP contribution >= 0.6 is 0 Å². The Balaban J connectivity index is 1.85. The van der Waals surface area contributed by atoms with Gasteiger partial charge < -0.3 is 14.2 Å². The molecule has 0 spiro atoms. The number of rotatable bonds is 5. The fourth-order valence-corrected chi connectivity index (χ4v) is 2.92. The molecule has 0 N–H and O–H groups in total. The summed E-state index contributed by atoms with van der Waals surface area (Å²) in [6, 6.07) is 16.5. The van der Waals surface area contributed by atoms with Crippen LogP contribution in [0.2, 0.25) is 0 Å². The van der Waals surface area contributed by atoms with Gasteiger partial charge in [0.2, 0.25) is 5.70 Å². The summed E-state index contributed by atoms with van der Waals surface area (Å²) in [7, 11) is 1.59. The van der Waals surface area contributed by atoms with Crippen LogP contribution in [0.1, 0.15) is 30.4 Å². The second-order valence-corrected chi connectivity index (χ2v) is 6.11. The van der Waals surface area contributed by atoms with E-state index in [1.807, 2.05) is 12.1 Å². The third-order valence-electron chi connectivity index (χ3n) is 4.37. The topological polar surface area (TPSA) is 55.8 Å². The van der Waals surface area contributed by atoms with Crippen LogP contribution < -0.4 is 9.47 Å². The van der Waals surface area contributed by atoms with E-state index in [1.54, 1.807) is 43.5 Å². The molecule has 1 fully saturated rings. The smallest absolute Gasteiger partial charge is 0.212 e. The minimum absolute atomic E-state index is 0.213. The highest BCUT2D eigenvalue weighted by Gasteiger charge is 2.16. The van der Waals surface area contributed by atoms with E-state index in [1.165, 1.54) is 0 Å². The first kappa shape index (κ1) is 18.5. The molecule has 1 aliphatic rings. The molecule has 1 atom stereocenters. The van der Waals surface area contributed by atoms with Crippen LogP contribution in [0, 0.1) is 17.9 Å². The Morgan fingerprint density at radius 2 is 1.74 bits per heavy atom. The molecule has 27 heavy (non-hydrogen) atoms. The van der Waals surface area contributed by atoms with Gasteiger partial charge in [0.05, 0.1) is 31.9 Å². The second kappa shape index (κ2) is 8.89. The van der Waals surface area contributed by atoms with Gasteiger partial charge >= 0.3 is 0 Å². The molecule has 136 valence electrons. The SMILES string of the molecule is [C-]#[N+]C(=C(C#N)c1ccc(OC)cc1)c1ccc(OC2CCCCO2)cc1. The number of benzene rings is 2. The van der Waals surface area contributed by atoms with Crippen LogP contribution in [0.4, 0.5) is 0 Å². The zero-order valence-electron chi connectivity index (χ0n) is 15.1. The molecule has 5 nitrogen and oxygen atoms in total. The summed E-state index contributed by atoms with van der Waals surface area (Å²) in [4.78, 5) is 3.60. The lowest BCUT2D eigenvalue weighted by Crippen LogP contribution is -2.24. The number of allylic oxidation sites excluding steroid dienone is 1. The number of hydrogen-bond acceptors (Lipinski definition) is 4. The van der Waals surface area contributed by atoms with Gasteiger partial charge in [0.1, 0.15) is 11.5 Å². The van der Waals surface area contributed by atoms with Crippen LogP contribution in [0.5, 0.6) is 11.5 Å². The maximum absolute atomic E-state index is 9.62. The van der Waals surface area contributed by atoms with Gasteiger partial charge in [0.15, 0.2) is 6.29 Å². The van der Waals surface area contributed by atoms with Crippen molar-refractivity contribution in [1.82, 2.24) is 0 Å². The van der Waals surface area contributed by atoms with Gasteiger partial charge in [-0.25, -0.2) is 4.85 Å². The molecule has 5 heteroatoms. The first-order chi connectivity index (χ1) is 13.2. The van der Waals surface area contributed by atoms with Crippen molar-refractivity contribution in [2.24, 2.45) is 0 Å². The molecule has 1 aliphatic heterocycles. The quantitative estimate of drug-likeness (QED) is 0.432. The Labute approximate surface area is 159 Å². The van der Waals surface area contributed by atoms with Crippen molar-refractivity contribution in [3.8, 4) is 17.6 Å². The van der Waals surface area contributed by atoms with Gasteiger partial charge in [0.25, 0.3) is 0 Å². The summed E-state index contributed by atoms with van der Waals surface area (Å²) in [5, 5.41) is 9.62. The third kappa shape index (κ3) is 4.47. The van der Waals surface area contributed by atoms with E-state index in [-0.39, 0.29) is 6.29 Å². The Bertz CT molecular complexity index is 881. The minimum atomic E-state index is -0.213. The van der Waals surface area contributed by atoms with Crippen LogP contribution in [0.15, 0.2) is 48.5 Å². The minimum Gasteiger partial charge on any atom is -0.497 e. The molecule has 0 amide bonds. The Morgan fingerprint density at radius 1 is 1.07 bits per heavy atom. The third-order valence-corrected chi connectivity index (χ3v) is 4.37. The average molecular weight is 360 g/mol. The predicted octanol–water partition coefficient (Wildman–Crippen LogP) is 4.91. The van der Waals surface area contributed by atoms with Crippen molar-refractivity contribution in [3.05, 3.63) is 71.1 Å². The highest BCUT2D eigenvalue weighted by atomic mass is 16.7. The van der Waals surface area contributed by atoms with Crippen molar-refractivity contribution in [2.75, 3.05) is 13.7 Å². The normalized spacial score (nSPS) is 17.2. The van der Waals surface area contributed by atoms with E-state index in [2.05, 4.69) is 10.9 Å². The van der Waals surface area contributed by atoms with Crippen LogP contribution in [0.25, 0.3) is 16.1 Å². The number of nitriles is 1. The molecule has 3 rings (SSSR count). The van der Waals surface area contributed by atoms with Crippen LogP contribution in [-0.2, 0) is 4.74 Å². The van der Waals surface area contributed by atoms with Crippen molar-refractivity contribution >= 4 is 11.3 Å². The molecule has 0 saturated carbocycles. The summed E-state index contributed by atoms with van der Waals surface area (Å²) in [6.07, 6.45) is 2.83. The highest BCUT2D eigenvalue weighted by Crippen LogP contribution is 2.30. The maximum atomic E-state index is 9.62. The monoisotopic (exact) mass is 360 g/mol. The molecule has 0 radical (unpaired) electrons. The first-order valence-corrected chi connectivity index (χ1v) is 8.80. The largest absolute Gasteiger partial charge is 0.497 e. The van der Waals surface area contributed by atoms with E-state index in [9.17, 15) is 5.26 Å². The molecule has 1 heterocycles. The van der Waals surface area contributed by atoms with E-state index >= 15 is 0 Å². The number of nitrogens with zero attached hydrogens (tertiary/aromatic N) is 2. The molecular formula is C22H20N2O3. The van der Waals surface area contributed by atoms with Crippen LogP contribution in [-0.4, -0.2) is 20.0 Å². The zero-order valence-corrected chi connectivity index (χ0v) is 15.1. The van der Waals surface area contributed by atoms with Gasteiger partial charge in [-0.15, -0.1) is 0 Å². The molecule has 2 aromatic carbocycles. The fraction of sp³-hybridized carbons (Fsp3) is 0.273. The average Bonchev–Trinajstić information content (AvgIpc) is 2.73. The van der Waals surface area contributed by atoms with E-state index in [0.717, 1.165) is 25.9 Å². The molecule has 0 bridgehead atoms. The van der Waals surface area contributed by atoms with Gasteiger partial charge in [-0.05, 0) is 48.2 Å².